The molecule has 5 heteroatoms. The predicted molar refractivity (Wildman–Crippen MR) is 87.2 cm³/mol. The lowest BCUT2D eigenvalue weighted by Crippen LogP contribution is -2.32. The average Bonchev–Trinajstić information content (AvgIpc) is 2.53. The highest BCUT2D eigenvalue weighted by Crippen LogP contribution is 2.34. The molecule has 0 saturated carbocycles. The second-order valence-electron chi connectivity index (χ2n) is 5.28. The summed E-state index contributed by atoms with van der Waals surface area (Å²) in [6.45, 7) is 4.18. The lowest BCUT2D eigenvalue weighted by molar-refractivity contribution is 0.0934. The highest BCUT2D eigenvalue weighted by atomic mass is 16.5. The van der Waals surface area contributed by atoms with Crippen LogP contribution < -0.4 is 19.5 Å². The summed E-state index contributed by atoms with van der Waals surface area (Å²) in [5, 5.41) is 3.00. The van der Waals surface area contributed by atoms with Gasteiger partial charge in [-0.1, -0.05) is 26.2 Å². The minimum atomic E-state index is -0.165. The molecule has 0 aromatic heterocycles. The zero-order chi connectivity index (χ0) is 16.5. The second-order valence-corrected chi connectivity index (χ2v) is 5.28. The van der Waals surface area contributed by atoms with Crippen LogP contribution in [0.4, 0.5) is 0 Å². The quantitative estimate of drug-likeness (QED) is 0.710. The van der Waals surface area contributed by atoms with Crippen LogP contribution in [0.1, 0.15) is 49.9 Å². The van der Waals surface area contributed by atoms with Crippen LogP contribution >= 0.6 is 0 Å². The van der Waals surface area contributed by atoms with Crippen molar-refractivity contribution in [1.82, 2.24) is 5.32 Å². The monoisotopic (exact) mass is 309 g/mol. The molecule has 0 spiro atoms. The maximum absolute atomic E-state index is 12.4. The second kappa shape index (κ2) is 9.18. The van der Waals surface area contributed by atoms with Crippen molar-refractivity contribution in [2.75, 3.05) is 21.3 Å². The molecule has 0 bridgehead atoms. The van der Waals surface area contributed by atoms with Crippen molar-refractivity contribution in [3.63, 3.8) is 0 Å². The number of hydrogen-bond acceptors (Lipinski definition) is 4. The first-order chi connectivity index (χ1) is 10.6. The summed E-state index contributed by atoms with van der Waals surface area (Å²) in [6, 6.07) is 3.43. The Bertz CT molecular complexity index is 488. The summed E-state index contributed by atoms with van der Waals surface area (Å²) in [6.07, 6.45) is 4.43. The minimum Gasteiger partial charge on any atom is -0.496 e. The maximum atomic E-state index is 12.4. The molecule has 0 heterocycles. The molecule has 124 valence electrons. The van der Waals surface area contributed by atoms with E-state index in [0.717, 1.165) is 12.8 Å². The topological polar surface area (TPSA) is 56.8 Å². The van der Waals surface area contributed by atoms with Crippen LogP contribution in [0, 0.1) is 0 Å². The van der Waals surface area contributed by atoms with E-state index < -0.39 is 0 Å². The fraction of sp³-hybridized carbons (Fsp3) is 0.588. The van der Waals surface area contributed by atoms with Crippen molar-refractivity contribution < 1.29 is 19.0 Å². The Morgan fingerprint density at radius 3 is 2.18 bits per heavy atom. The number of methoxy groups -OCH3 is 3. The van der Waals surface area contributed by atoms with E-state index in [2.05, 4.69) is 12.2 Å². The molecule has 0 aliphatic heterocycles. The number of ether oxygens (including phenoxy) is 3. The molecule has 0 saturated heterocycles. The van der Waals surface area contributed by atoms with Crippen molar-refractivity contribution in [3.05, 3.63) is 17.7 Å². The summed E-state index contributed by atoms with van der Waals surface area (Å²) in [5.74, 6) is 1.34. The average molecular weight is 309 g/mol. The van der Waals surface area contributed by atoms with Crippen LogP contribution in [0.2, 0.25) is 0 Å². The number of hydrogen-bond donors (Lipinski definition) is 1. The molecule has 1 N–H and O–H groups in total. The lowest BCUT2D eigenvalue weighted by Gasteiger charge is -2.17. The third kappa shape index (κ3) is 4.83. The smallest absolute Gasteiger partial charge is 0.255 e. The van der Waals surface area contributed by atoms with Crippen LogP contribution in [0.15, 0.2) is 12.1 Å². The molecule has 1 amide bonds. The lowest BCUT2D eigenvalue weighted by atomic mass is 10.1. The van der Waals surface area contributed by atoms with Gasteiger partial charge in [0.2, 0.25) is 0 Å². The van der Waals surface area contributed by atoms with Crippen LogP contribution in [0.5, 0.6) is 17.2 Å². The molecule has 1 atom stereocenters. The van der Waals surface area contributed by atoms with Gasteiger partial charge in [0.15, 0.2) is 11.5 Å². The number of nitrogens with one attached hydrogen (secondary N) is 1. The van der Waals surface area contributed by atoms with Crippen molar-refractivity contribution in [3.8, 4) is 17.2 Å². The van der Waals surface area contributed by atoms with E-state index in [-0.39, 0.29) is 11.9 Å². The number of rotatable bonds is 9. The Labute approximate surface area is 132 Å². The molecular formula is C17H27NO4. The van der Waals surface area contributed by atoms with Gasteiger partial charge < -0.3 is 19.5 Å². The molecule has 1 unspecified atom stereocenters. The van der Waals surface area contributed by atoms with E-state index in [1.807, 2.05) is 6.92 Å². The molecule has 1 aromatic carbocycles. The first-order valence-corrected chi connectivity index (χ1v) is 7.68. The van der Waals surface area contributed by atoms with Crippen molar-refractivity contribution in [2.24, 2.45) is 0 Å². The van der Waals surface area contributed by atoms with Gasteiger partial charge in [0.1, 0.15) is 5.75 Å². The molecule has 0 fully saturated rings. The van der Waals surface area contributed by atoms with Crippen LogP contribution in [-0.2, 0) is 0 Å². The number of carbonyl (C=O) groups is 1. The predicted octanol–water partition coefficient (Wildman–Crippen LogP) is 3.41. The molecular weight excluding hydrogens is 282 g/mol. The van der Waals surface area contributed by atoms with Crippen molar-refractivity contribution in [1.29, 1.82) is 0 Å². The van der Waals surface area contributed by atoms with Gasteiger partial charge in [-0.05, 0) is 13.3 Å². The third-order valence-electron chi connectivity index (χ3n) is 3.57. The van der Waals surface area contributed by atoms with E-state index in [0.29, 0.717) is 22.8 Å². The Morgan fingerprint density at radius 2 is 1.64 bits per heavy atom. The van der Waals surface area contributed by atoms with E-state index in [1.54, 1.807) is 26.4 Å². The summed E-state index contributed by atoms with van der Waals surface area (Å²) >= 11 is 0. The van der Waals surface area contributed by atoms with Crippen LogP contribution in [0.25, 0.3) is 0 Å². The highest BCUT2D eigenvalue weighted by Gasteiger charge is 2.18. The SMILES string of the molecule is CCCCCC(C)NC(=O)c1cc(OC)c(OC)cc1OC. The van der Waals surface area contributed by atoms with Gasteiger partial charge in [-0.3, -0.25) is 4.79 Å². The van der Waals surface area contributed by atoms with Gasteiger partial charge in [0.25, 0.3) is 5.91 Å². The maximum Gasteiger partial charge on any atom is 0.255 e. The van der Waals surface area contributed by atoms with Crippen molar-refractivity contribution in [2.45, 2.75) is 45.6 Å². The van der Waals surface area contributed by atoms with Gasteiger partial charge in [0, 0.05) is 18.2 Å². The highest BCUT2D eigenvalue weighted by molar-refractivity contribution is 5.98. The molecule has 1 aromatic rings. The molecule has 22 heavy (non-hydrogen) atoms. The van der Waals surface area contributed by atoms with Gasteiger partial charge in [0.05, 0.1) is 26.9 Å². The Morgan fingerprint density at radius 1 is 1.05 bits per heavy atom. The van der Waals surface area contributed by atoms with E-state index >= 15 is 0 Å². The van der Waals surface area contributed by atoms with Gasteiger partial charge in [-0.15, -0.1) is 0 Å². The zero-order valence-electron chi connectivity index (χ0n) is 14.2. The van der Waals surface area contributed by atoms with Crippen LogP contribution in [0.3, 0.4) is 0 Å². The first-order valence-electron chi connectivity index (χ1n) is 7.68. The standard InChI is InChI=1S/C17H27NO4/c1-6-7-8-9-12(2)18-17(19)13-10-15(21-4)16(22-5)11-14(13)20-3/h10-12H,6-9H2,1-5H3,(H,18,19). The van der Waals surface area contributed by atoms with E-state index in [1.165, 1.54) is 20.0 Å². The number of carbonyl (C=O) groups excluding carboxylic acids is 1. The summed E-state index contributed by atoms with van der Waals surface area (Å²) in [7, 11) is 4.62. The van der Waals surface area contributed by atoms with E-state index in [4.69, 9.17) is 14.2 Å². The molecule has 5 nitrogen and oxygen atoms in total. The summed E-state index contributed by atoms with van der Waals surface area (Å²) in [5.41, 5.74) is 0.447. The summed E-state index contributed by atoms with van der Waals surface area (Å²) in [4.78, 5) is 12.4. The van der Waals surface area contributed by atoms with Gasteiger partial charge in [-0.2, -0.15) is 0 Å². The molecule has 0 radical (unpaired) electrons. The largest absolute Gasteiger partial charge is 0.496 e. The Hall–Kier alpha value is -1.91. The zero-order valence-corrected chi connectivity index (χ0v) is 14.2. The van der Waals surface area contributed by atoms with Gasteiger partial charge >= 0.3 is 0 Å². The number of benzene rings is 1. The number of unbranched alkanes of at least 4 members (excludes halogenated alkanes) is 2. The van der Waals surface area contributed by atoms with E-state index in [9.17, 15) is 4.79 Å². The number of amides is 1. The molecule has 0 aliphatic rings. The fourth-order valence-corrected chi connectivity index (χ4v) is 2.28. The van der Waals surface area contributed by atoms with Gasteiger partial charge in [-0.25, -0.2) is 0 Å². The third-order valence-corrected chi connectivity index (χ3v) is 3.57. The van der Waals surface area contributed by atoms with Crippen LogP contribution in [-0.4, -0.2) is 33.3 Å². The fourth-order valence-electron chi connectivity index (χ4n) is 2.28. The minimum absolute atomic E-state index is 0.122. The Kier molecular flexibility index (Phi) is 7.57. The molecule has 1 rings (SSSR count). The first kappa shape index (κ1) is 18.1. The molecule has 0 aliphatic carbocycles. The van der Waals surface area contributed by atoms with Crippen molar-refractivity contribution >= 4 is 5.91 Å². The Balaban J connectivity index is 2.87. The summed E-state index contributed by atoms with van der Waals surface area (Å²) < 4.78 is 15.8. The normalized spacial score (nSPS) is 11.7.